The highest BCUT2D eigenvalue weighted by atomic mass is 79.9. The van der Waals surface area contributed by atoms with E-state index in [1.54, 1.807) is 0 Å². The van der Waals surface area contributed by atoms with Crippen LogP contribution < -0.4 is 0 Å². The second-order valence-corrected chi connectivity index (χ2v) is 5.73. The Morgan fingerprint density at radius 2 is 1.64 bits per heavy atom. The number of aromatic hydroxyl groups is 1. The lowest BCUT2D eigenvalue weighted by Gasteiger charge is -2.24. The van der Waals surface area contributed by atoms with Gasteiger partial charge < -0.3 is 5.11 Å². The molecule has 1 nitrogen and oxygen atoms in total. The summed E-state index contributed by atoms with van der Waals surface area (Å²) in [5.74, 6) is 0.264. The third kappa shape index (κ3) is 2.31. The maximum Gasteiger partial charge on any atom is 0.143 e. The Balaban J connectivity index is 3.26. The van der Waals surface area contributed by atoms with E-state index < -0.39 is 0 Å². The van der Waals surface area contributed by atoms with Crippen molar-refractivity contribution in [1.82, 2.24) is 0 Å². The summed E-state index contributed by atoms with van der Waals surface area (Å²) in [6.07, 6.45) is 1.07. The molecule has 78 valence electrons. The highest BCUT2D eigenvalue weighted by Crippen LogP contribution is 2.38. The average molecular weight is 322 g/mol. The molecule has 0 aromatic heterocycles. The number of benzene rings is 1. The Morgan fingerprint density at radius 3 is 2.00 bits per heavy atom. The van der Waals surface area contributed by atoms with Crippen LogP contribution in [0.1, 0.15) is 32.8 Å². The van der Waals surface area contributed by atoms with Crippen molar-refractivity contribution in [3.05, 3.63) is 26.6 Å². The van der Waals surface area contributed by atoms with Crippen molar-refractivity contribution >= 4 is 31.9 Å². The van der Waals surface area contributed by atoms with E-state index in [1.807, 2.05) is 12.1 Å². The van der Waals surface area contributed by atoms with Crippen molar-refractivity contribution in [2.45, 2.75) is 32.6 Å². The quantitative estimate of drug-likeness (QED) is 0.843. The van der Waals surface area contributed by atoms with Gasteiger partial charge >= 0.3 is 0 Å². The van der Waals surface area contributed by atoms with Gasteiger partial charge in [-0.15, -0.1) is 0 Å². The lowest BCUT2D eigenvalue weighted by molar-refractivity contribution is 0.464. The molecule has 14 heavy (non-hydrogen) atoms. The van der Waals surface area contributed by atoms with Crippen molar-refractivity contribution < 1.29 is 5.11 Å². The van der Waals surface area contributed by atoms with Crippen molar-refractivity contribution in [2.75, 3.05) is 0 Å². The molecule has 0 atom stereocenters. The molecule has 1 rings (SSSR count). The molecule has 0 saturated heterocycles. The Kier molecular flexibility index (Phi) is 3.64. The first-order chi connectivity index (χ1) is 6.38. The maximum absolute atomic E-state index is 9.58. The predicted octanol–water partition coefficient (Wildman–Crippen LogP) is 4.60. The van der Waals surface area contributed by atoms with Gasteiger partial charge in [0.15, 0.2) is 0 Å². The Labute approximate surface area is 102 Å². The van der Waals surface area contributed by atoms with E-state index in [4.69, 9.17) is 0 Å². The van der Waals surface area contributed by atoms with Gasteiger partial charge in [0.25, 0.3) is 0 Å². The van der Waals surface area contributed by atoms with Crippen LogP contribution in [-0.4, -0.2) is 5.11 Å². The summed E-state index contributed by atoms with van der Waals surface area (Å²) in [6.45, 7) is 6.55. The van der Waals surface area contributed by atoms with Gasteiger partial charge in [-0.05, 0) is 61.4 Å². The molecule has 0 radical (unpaired) electrons. The summed E-state index contributed by atoms with van der Waals surface area (Å²) in [5, 5.41) is 9.58. The van der Waals surface area contributed by atoms with E-state index >= 15 is 0 Å². The number of phenols is 1. The zero-order valence-corrected chi connectivity index (χ0v) is 11.7. The predicted molar refractivity (Wildman–Crippen MR) is 66.8 cm³/mol. The third-order valence-corrected chi connectivity index (χ3v) is 3.89. The van der Waals surface area contributed by atoms with Crippen molar-refractivity contribution in [3.63, 3.8) is 0 Å². The van der Waals surface area contributed by atoms with E-state index in [0.29, 0.717) is 0 Å². The number of rotatable bonds is 2. The normalized spacial score (nSPS) is 11.8. The van der Waals surface area contributed by atoms with Crippen LogP contribution in [0.4, 0.5) is 0 Å². The zero-order chi connectivity index (χ0) is 10.9. The topological polar surface area (TPSA) is 20.2 Å². The highest BCUT2D eigenvalue weighted by Gasteiger charge is 2.20. The Morgan fingerprint density at radius 1 is 1.21 bits per heavy atom. The number of halogens is 2. The summed E-state index contributed by atoms with van der Waals surface area (Å²) >= 11 is 6.68. The molecule has 0 aliphatic rings. The largest absolute Gasteiger partial charge is 0.506 e. The van der Waals surface area contributed by atoms with E-state index in [2.05, 4.69) is 52.6 Å². The fraction of sp³-hybridized carbons (Fsp3) is 0.455. The average Bonchev–Trinajstić information content (AvgIpc) is 2.13. The molecule has 1 aromatic rings. The molecule has 0 fully saturated rings. The smallest absolute Gasteiger partial charge is 0.143 e. The van der Waals surface area contributed by atoms with E-state index in [0.717, 1.165) is 15.4 Å². The van der Waals surface area contributed by atoms with Crippen LogP contribution in [0, 0.1) is 0 Å². The van der Waals surface area contributed by atoms with Gasteiger partial charge in [0.2, 0.25) is 0 Å². The van der Waals surface area contributed by atoms with Crippen LogP contribution >= 0.6 is 31.9 Å². The van der Waals surface area contributed by atoms with Crippen LogP contribution in [-0.2, 0) is 5.41 Å². The van der Waals surface area contributed by atoms with Gasteiger partial charge in [-0.3, -0.25) is 0 Å². The molecule has 0 heterocycles. The second kappa shape index (κ2) is 4.23. The van der Waals surface area contributed by atoms with Gasteiger partial charge in [0, 0.05) is 0 Å². The molecule has 0 aliphatic carbocycles. The van der Waals surface area contributed by atoms with Crippen molar-refractivity contribution in [1.29, 1.82) is 0 Å². The molecule has 0 unspecified atom stereocenters. The molecular formula is C11H14Br2O. The van der Waals surface area contributed by atoms with Crippen LogP contribution in [0.2, 0.25) is 0 Å². The van der Waals surface area contributed by atoms with E-state index in [1.165, 1.54) is 5.56 Å². The maximum atomic E-state index is 9.58. The minimum Gasteiger partial charge on any atom is -0.506 e. The summed E-state index contributed by atoms with van der Waals surface area (Å²) in [5.41, 5.74) is 1.36. The summed E-state index contributed by atoms with van der Waals surface area (Å²) in [4.78, 5) is 0. The molecule has 0 bridgehead atoms. The standard InChI is InChI=1S/C11H14Br2O/c1-4-11(2,3)7-5-8(12)10(14)9(13)6-7/h5-6,14H,4H2,1-3H3. The molecule has 3 heteroatoms. The zero-order valence-electron chi connectivity index (χ0n) is 8.56. The number of phenolic OH excluding ortho intramolecular Hbond substituents is 1. The second-order valence-electron chi connectivity index (χ2n) is 4.03. The molecular weight excluding hydrogens is 308 g/mol. The fourth-order valence-electron chi connectivity index (χ4n) is 1.16. The first kappa shape index (κ1) is 12.1. The monoisotopic (exact) mass is 320 g/mol. The summed E-state index contributed by atoms with van der Waals surface area (Å²) in [6, 6.07) is 3.95. The van der Waals surface area contributed by atoms with Crippen LogP contribution in [0.25, 0.3) is 0 Å². The third-order valence-electron chi connectivity index (χ3n) is 2.68. The van der Waals surface area contributed by atoms with Gasteiger partial charge in [0.1, 0.15) is 5.75 Å². The summed E-state index contributed by atoms with van der Waals surface area (Å²) < 4.78 is 1.48. The number of hydrogen-bond acceptors (Lipinski definition) is 1. The van der Waals surface area contributed by atoms with Gasteiger partial charge in [-0.1, -0.05) is 20.8 Å². The van der Waals surface area contributed by atoms with Crippen LogP contribution in [0.5, 0.6) is 5.75 Å². The molecule has 0 amide bonds. The van der Waals surface area contributed by atoms with Crippen LogP contribution in [0.15, 0.2) is 21.1 Å². The highest BCUT2D eigenvalue weighted by molar-refractivity contribution is 9.11. The molecule has 1 N–H and O–H groups in total. The minimum absolute atomic E-state index is 0.138. The minimum atomic E-state index is 0.138. The Bertz CT molecular complexity index is 322. The summed E-state index contributed by atoms with van der Waals surface area (Å²) in [7, 11) is 0. The Hall–Kier alpha value is -0.0200. The van der Waals surface area contributed by atoms with Gasteiger partial charge in [-0.25, -0.2) is 0 Å². The molecule has 1 aromatic carbocycles. The van der Waals surface area contributed by atoms with Crippen molar-refractivity contribution in [3.8, 4) is 5.75 Å². The van der Waals surface area contributed by atoms with Gasteiger partial charge in [0.05, 0.1) is 8.95 Å². The van der Waals surface area contributed by atoms with E-state index in [9.17, 15) is 5.11 Å². The molecule has 0 spiro atoms. The number of hydrogen-bond donors (Lipinski definition) is 1. The van der Waals surface area contributed by atoms with Crippen molar-refractivity contribution in [2.24, 2.45) is 0 Å². The van der Waals surface area contributed by atoms with Crippen LogP contribution in [0.3, 0.4) is 0 Å². The first-order valence-electron chi connectivity index (χ1n) is 4.57. The lowest BCUT2D eigenvalue weighted by Crippen LogP contribution is -2.15. The van der Waals surface area contributed by atoms with E-state index in [-0.39, 0.29) is 11.2 Å². The SMILES string of the molecule is CCC(C)(C)c1cc(Br)c(O)c(Br)c1. The molecule has 0 aliphatic heterocycles. The lowest BCUT2D eigenvalue weighted by atomic mass is 9.82. The molecule has 0 saturated carbocycles. The fourth-order valence-corrected chi connectivity index (χ4v) is 2.35. The van der Waals surface area contributed by atoms with Gasteiger partial charge in [-0.2, -0.15) is 0 Å². The first-order valence-corrected chi connectivity index (χ1v) is 6.15.